The fourth-order valence-electron chi connectivity index (χ4n) is 1.65. The Balaban J connectivity index is 2.94. The van der Waals surface area contributed by atoms with Crippen molar-refractivity contribution in [2.45, 2.75) is 6.92 Å². The molecule has 1 heterocycles. The van der Waals surface area contributed by atoms with Crippen molar-refractivity contribution in [2.24, 2.45) is 0 Å². The molecule has 0 saturated heterocycles. The molecular formula is C10H12N2O2S. The van der Waals surface area contributed by atoms with Crippen LogP contribution in [0, 0.1) is 6.92 Å². The van der Waals surface area contributed by atoms with Crippen molar-refractivity contribution in [3.8, 4) is 0 Å². The summed E-state index contributed by atoms with van der Waals surface area (Å²) in [5.41, 5.74) is 7.76. The van der Waals surface area contributed by atoms with Crippen molar-refractivity contribution < 1.29 is 8.42 Å². The summed E-state index contributed by atoms with van der Waals surface area (Å²) in [6, 6.07) is 5.27. The van der Waals surface area contributed by atoms with Crippen LogP contribution in [0.5, 0.6) is 0 Å². The molecular weight excluding hydrogens is 212 g/mol. The van der Waals surface area contributed by atoms with Crippen LogP contribution < -0.4 is 5.73 Å². The second kappa shape index (κ2) is 3.00. The van der Waals surface area contributed by atoms with Crippen LogP contribution in [0.4, 0.5) is 5.69 Å². The maximum Gasteiger partial charge on any atom is 0.236 e. The SMILES string of the molecule is Cc1cn(S(C)(=O)=O)c2cc(N)ccc12. The molecule has 80 valence electrons. The Morgan fingerprint density at radius 1 is 1.33 bits per heavy atom. The largest absolute Gasteiger partial charge is 0.399 e. The number of benzene rings is 1. The Kier molecular flexibility index (Phi) is 2.01. The van der Waals surface area contributed by atoms with Gasteiger partial charge >= 0.3 is 0 Å². The van der Waals surface area contributed by atoms with E-state index in [-0.39, 0.29) is 0 Å². The van der Waals surface area contributed by atoms with Gasteiger partial charge in [0, 0.05) is 17.3 Å². The number of hydrogen-bond acceptors (Lipinski definition) is 3. The van der Waals surface area contributed by atoms with E-state index in [2.05, 4.69) is 0 Å². The van der Waals surface area contributed by atoms with Gasteiger partial charge in [0.25, 0.3) is 0 Å². The van der Waals surface area contributed by atoms with Crippen molar-refractivity contribution in [1.82, 2.24) is 3.97 Å². The zero-order valence-electron chi connectivity index (χ0n) is 8.56. The molecule has 0 unspecified atom stereocenters. The number of aryl methyl sites for hydroxylation is 1. The first-order valence-corrected chi connectivity index (χ1v) is 6.32. The normalized spacial score (nSPS) is 12.1. The lowest BCUT2D eigenvalue weighted by atomic mass is 10.2. The third-order valence-electron chi connectivity index (χ3n) is 2.35. The van der Waals surface area contributed by atoms with E-state index in [1.807, 2.05) is 13.0 Å². The molecule has 0 aliphatic rings. The smallest absolute Gasteiger partial charge is 0.236 e. The third-order valence-corrected chi connectivity index (χ3v) is 3.37. The van der Waals surface area contributed by atoms with Crippen LogP contribution in [0.3, 0.4) is 0 Å². The van der Waals surface area contributed by atoms with Gasteiger partial charge in [-0.1, -0.05) is 6.07 Å². The van der Waals surface area contributed by atoms with Gasteiger partial charge < -0.3 is 5.73 Å². The molecule has 0 spiro atoms. The highest BCUT2D eigenvalue weighted by Crippen LogP contribution is 2.24. The Labute approximate surface area is 88.4 Å². The van der Waals surface area contributed by atoms with Crippen LogP contribution in [0.1, 0.15) is 5.56 Å². The molecule has 0 atom stereocenters. The van der Waals surface area contributed by atoms with Crippen molar-refractivity contribution in [3.63, 3.8) is 0 Å². The molecule has 2 N–H and O–H groups in total. The van der Waals surface area contributed by atoms with Crippen LogP contribution in [0.15, 0.2) is 24.4 Å². The second-order valence-corrected chi connectivity index (χ2v) is 5.51. The van der Waals surface area contributed by atoms with Crippen LogP contribution in [0.2, 0.25) is 0 Å². The summed E-state index contributed by atoms with van der Waals surface area (Å²) in [7, 11) is -3.26. The van der Waals surface area contributed by atoms with Crippen LogP contribution in [0.25, 0.3) is 10.9 Å². The third kappa shape index (κ3) is 1.59. The van der Waals surface area contributed by atoms with Gasteiger partial charge in [0.05, 0.1) is 11.8 Å². The summed E-state index contributed by atoms with van der Waals surface area (Å²) < 4.78 is 24.2. The van der Waals surface area contributed by atoms with E-state index in [4.69, 9.17) is 5.73 Å². The van der Waals surface area contributed by atoms with E-state index in [1.165, 1.54) is 10.2 Å². The van der Waals surface area contributed by atoms with Crippen molar-refractivity contribution in [1.29, 1.82) is 0 Å². The van der Waals surface area contributed by atoms with Gasteiger partial charge in [-0.05, 0) is 24.6 Å². The minimum Gasteiger partial charge on any atom is -0.399 e. The summed E-state index contributed by atoms with van der Waals surface area (Å²) in [5.74, 6) is 0. The first-order valence-electron chi connectivity index (χ1n) is 4.47. The number of hydrogen-bond donors (Lipinski definition) is 1. The molecule has 15 heavy (non-hydrogen) atoms. The number of anilines is 1. The number of fused-ring (bicyclic) bond motifs is 1. The molecule has 2 aromatic rings. The first kappa shape index (κ1) is 10.0. The number of nitrogens with two attached hydrogens (primary N) is 1. The van der Waals surface area contributed by atoms with E-state index in [9.17, 15) is 8.42 Å². The summed E-state index contributed by atoms with van der Waals surface area (Å²) in [5, 5.41) is 0.912. The van der Waals surface area contributed by atoms with Gasteiger partial charge in [0.15, 0.2) is 0 Å². The average molecular weight is 224 g/mol. The molecule has 5 heteroatoms. The fourth-order valence-corrected chi connectivity index (χ4v) is 2.51. The van der Waals surface area contributed by atoms with Gasteiger partial charge in [-0.25, -0.2) is 12.4 Å². The zero-order valence-corrected chi connectivity index (χ0v) is 9.38. The van der Waals surface area contributed by atoms with Crippen LogP contribution in [-0.4, -0.2) is 18.6 Å². The highest BCUT2D eigenvalue weighted by molar-refractivity contribution is 7.89. The maximum atomic E-state index is 11.5. The quantitative estimate of drug-likeness (QED) is 0.743. The minimum atomic E-state index is -3.26. The van der Waals surface area contributed by atoms with Crippen molar-refractivity contribution >= 4 is 26.6 Å². The summed E-state index contributed by atoms with van der Waals surface area (Å²) in [6.07, 6.45) is 2.79. The fraction of sp³-hybridized carbons (Fsp3) is 0.200. The molecule has 0 aliphatic heterocycles. The lowest BCUT2D eigenvalue weighted by molar-refractivity contribution is 0.595. The molecule has 1 aromatic heterocycles. The number of nitrogen functional groups attached to an aromatic ring is 1. The number of nitrogens with zero attached hydrogens (tertiary/aromatic N) is 1. The minimum absolute atomic E-state index is 0.561. The molecule has 0 bridgehead atoms. The topological polar surface area (TPSA) is 65.1 Å². The molecule has 0 radical (unpaired) electrons. The number of rotatable bonds is 1. The molecule has 2 rings (SSSR count). The van der Waals surface area contributed by atoms with E-state index in [0.29, 0.717) is 11.2 Å². The van der Waals surface area contributed by atoms with Gasteiger partial charge in [-0.15, -0.1) is 0 Å². The predicted octanol–water partition coefficient (Wildman–Crippen LogP) is 1.34. The summed E-state index contributed by atoms with van der Waals surface area (Å²) >= 11 is 0. The standard InChI is InChI=1S/C10H12N2O2S/c1-7-6-12(15(2,13)14)10-5-8(11)3-4-9(7)10/h3-6H,11H2,1-2H3. The van der Waals surface area contributed by atoms with E-state index >= 15 is 0 Å². The lowest BCUT2D eigenvalue weighted by Crippen LogP contribution is -2.08. The van der Waals surface area contributed by atoms with Gasteiger partial charge in [0.2, 0.25) is 10.0 Å². The Bertz CT molecular complexity index is 626. The van der Waals surface area contributed by atoms with Crippen LogP contribution >= 0.6 is 0 Å². The Hall–Kier alpha value is -1.49. The average Bonchev–Trinajstić information content (AvgIpc) is 2.42. The lowest BCUT2D eigenvalue weighted by Gasteiger charge is -2.01. The van der Waals surface area contributed by atoms with Gasteiger partial charge in [-0.3, -0.25) is 0 Å². The van der Waals surface area contributed by atoms with E-state index in [1.54, 1.807) is 18.3 Å². The number of aromatic nitrogens is 1. The van der Waals surface area contributed by atoms with Crippen molar-refractivity contribution in [2.75, 3.05) is 12.0 Å². The molecule has 0 fully saturated rings. The monoisotopic (exact) mass is 224 g/mol. The summed E-state index contributed by atoms with van der Waals surface area (Å²) in [4.78, 5) is 0. The Morgan fingerprint density at radius 2 is 2.00 bits per heavy atom. The van der Waals surface area contributed by atoms with Gasteiger partial charge in [0.1, 0.15) is 0 Å². The molecule has 0 amide bonds. The second-order valence-electron chi connectivity index (χ2n) is 3.65. The Morgan fingerprint density at radius 3 is 2.60 bits per heavy atom. The highest BCUT2D eigenvalue weighted by atomic mass is 32.2. The first-order chi connectivity index (χ1) is 6.89. The van der Waals surface area contributed by atoms with E-state index in [0.717, 1.165) is 10.9 Å². The molecule has 0 saturated carbocycles. The maximum absolute atomic E-state index is 11.5. The molecule has 0 aliphatic carbocycles. The molecule has 4 nitrogen and oxygen atoms in total. The highest BCUT2D eigenvalue weighted by Gasteiger charge is 2.12. The van der Waals surface area contributed by atoms with Crippen LogP contribution in [-0.2, 0) is 10.0 Å². The molecule has 1 aromatic carbocycles. The zero-order chi connectivity index (χ0) is 11.2. The van der Waals surface area contributed by atoms with Crippen molar-refractivity contribution in [3.05, 3.63) is 30.0 Å². The predicted molar refractivity (Wildman–Crippen MR) is 61.3 cm³/mol. The summed E-state index contributed by atoms with van der Waals surface area (Å²) in [6.45, 7) is 1.88. The van der Waals surface area contributed by atoms with Gasteiger partial charge in [-0.2, -0.15) is 0 Å². The van der Waals surface area contributed by atoms with E-state index < -0.39 is 10.0 Å².